The van der Waals surface area contributed by atoms with Crippen LogP contribution >= 0.6 is 0 Å². The van der Waals surface area contributed by atoms with Gasteiger partial charge in [0.15, 0.2) is 23.0 Å². The van der Waals surface area contributed by atoms with Crippen LogP contribution in [0.3, 0.4) is 0 Å². The number of amides is 2. The summed E-state index contributed by atoms with van der Waals surface area (Å²) in [5.41, 5.74) is 4.25. The quantitative estimate of drug-likeness (QED) is 0.145. The summed E-state index contributed by atoms with van der Waals surface area (Å²) < 4.78 is 0. The molecule has 212 valence electrons. The minimum Gasteiger partial charge on any atom is -0.508 e. The number of aryl methyl sites for hydroxylation is 1. The topological polar surface area (TPSA) is 159 Å². The Kier molecular flexibility index (Phi) is 8.98. The second-order valence-corrected chi connectivity index (χ2v) is 9.87. The molecular weight excluding hydrogens is 524 g/mol. The zero-order valence-electron chi connectivity index (χ0n) is 22.5. The van der Waals surface area contributed by atoms with Gasteiger partial charge in [0.2, 0.25) is 0 Å². The van der Waals surface area contributed by atoms with Crippen LogP contribution in [0.5, 0.6) is 28.7 Å². The standard InChI is InChI=1S/C32H32N2O7/c1-19-2-3-20(15-28(19)37)8-10-33-31(40)24-13-23(12-22-5-7-27(36)30(39)17-22)14-25(18-24)32(41)34-11-9-21-4-6-26(35)29(38)16-21/h2-7,13-18,35-39H,8-12H2,1H3,(H,33,40)(H,34,41). The maximum Gasteiger partial charge on any atom is 0.251 e. The summed E-state index contributed by atoms with van der Waals surface area (Å²) in [4.78, 5) is 26.1. The first kappa shape index (κ1) is 28.8. The van der Waals surface area contributed by atoms with E-state index in [-0.39, 0.29) is 52.3 Å². The number of phenolic OH excluding ortho intramolecular Hbond substituents is 5. The van der Waals surface area contributed by atoms with Gasteiger partial charge in [-0.3, -0.25) is 9.59 Å². The summed E-state index contributed by atoms with van der Waals surface area (Å²) in [6, 6.07) is 19.1. The van der Waals surface area contributed by atoms with Crippen LogP contribution in [0.2, 0.25) is 0 Å². The van der Waals surface area contributed by atoms with Crippen molar-refractivity contribution in [1.29, 1.82) is 0 Å². The number of carbonyl (C=O) groups excluding carboxylic acids is 2. The van der Waals surface area contributed by atoms with Crippen LogP contribution < -0.4 is 10.6 Å². The summed E-state index contributed by atoms with van der Waals surface area (Å²) in [7, 11) is 0. The lowest BCUT2D eigenvalue weighted by molar-refractivity contribution is 0.0953. The van der Waals surface area contributed by atoms with Gasteiger partial charge >= 0.3 is 0 Å². The van der Waals surface area contributed by atoms with Crippen LogP contribution in [-0.2, 0) is 19.3 Å². The molecule has 0 atom stereocenters. The van der Waals surface area contributed by atoms with Gasteiger partial charge in [0.1, 0.15) is 5.75 Å². The third-order valence-corrected chi connectivity index (χ3v) is 6.68. The normalized spacial score (nSPS) is 10.8. The van der Waals surface area contributed by atoms with Gasteiger partial charge in [-0.1, -0.05) is 24.3 Å². The van der Waals surface area contributed by atoms with Crippen LogP contribution in [0.15, 0.2) is 72.8 Å². The van der Waals surface area contributed by atoms with E-state index in [0.717, 1.165) is 16.7 Å². The average molecular weight is 557 g/mol. The van der Waals surface area contributed by atoms with E-state index in [0.29, 0.717) is 36.9 Å². The molecule has 0 aliphatic rings. The summed E-state index contributed by atoms with van der Waals surface area (Å²) in [5, 5.41) is 54.3. The van der Waals surface area contributed by atoms with Crippen LogP contribution in [0.4, 0.5) is 0 Å². The van der Waals surface area contributed by atoms with E-state index < -0.39 is 5.91 Å². The molecule has 0 aliphatic carbocycles. The zero-order valence-corrected chi connectivity index (χ0v) is 22.5. The molecular formula is C32H32N2O7. The molecule has 0 aliphatic heterocycles. The molecule has 4 rings (SSSR count). The van der Waals surface area contributed by atoms with Gasteiger partial charge in [-0.15, -0.1) is 0 Å². The number of aromatic hydroxyl groups is 5. The van der Waals surface area contributed by atoms with Crippen molar-refractivity contribution in [3.05, 3.63) is 112 Å². The summed E-state index contributed by atoms with van der Waals surface area (Å²) in [5.74, 6) is -1.55. The third-order valence-electron chi connectivity index (χ3n) is 6.68. The Morgan fingerprint density at radius 1 is 0.537 bits per heavy atom. The Morgan fingerprint density at radius 2 is 1.00 bits per heavy atom. The zero-order chi connectivity index (χ0) is 29.5. The van der Waals surface area contributed by atoms with E-state index in [1.165, 1.54) is 30.3 Å². The summed E-state index contributed by atoms with van der Waals surface area (Å²) in [6.45, 7) is 2.38. The Bertz CT molecular complexity index is 1500. The SMILES string of the molecule is Cc1ccc(CCNC(=O)c2cc(Cc3ccc(O)c(O)c3)cc(C(=O)NCCc3ccc(O)c(O)c3)c2)cc1O. The van der Waals surface area contributed by atoms with Crippen LogP contribution in [0.1, 0.15) is 48.5 Å². The lowest BCUT2D eigenvalue weighted by Gasteiger charge is -2.12. The lowest BCUT2D eigenvalue weighted by Crippen LogP contribution is -2.28. The van der Waals surface area contributed by atoms with Gasteiger partial charge in [0.25, 0.3) is 11.8 Å². The monoisotopic (exact) mass is 556 g/mol. The molecule has 0 unspecified atom stereocenters. The van der Waals surface area contributed by atoms with Gasteiger partial charge in [-0.25, -0.2) is 0 Å². The molecule has 0 saturated carbocycles. The van der Waals surface area contributed by atoms with E-state index in [9.17, 15) is 35.1 Å². The fourth-order valence-electron chi connectivity index (χ4n) is 4.35. The highest BCUT2D eigenvalue weighted by Crippen LogP contribution is 2.27. The number of hydrogen-bond acceptors (Lipinski definition) is 7. The van der Waals surface area contributed by atoms with Crippen LogP contribution in [0, 0.1) is 6.92 Å². The largest absolute Gasteiger partial charge is 0.508 e. The summed E-state index contributed by atoms with van der Waals surface area (Å²) >= 11 is 0. The van der Waals surface area contributed by atoms with Crippen molar-refractivity contribution >= 4 is 11.8 Å². The molecule has 7 N–H and O–H groups in total. The van der Waals surface area contributed by atoms with Crippen molar-refractivity contribution in [2.75, 3.05) is 13.1 Å². The number of phenols is 5. The van der Waals surface area contributed by atoms with E-state index in [1.54, 1.807) is 37.3 Å². The number of carbonyl (C=O) groups is 2. The van der Waals surface area contributed by atoms with Gasteiger partial charge in [0.05, 0.1) is 0 Å². The predicted octanol–water partition coefficient (Wildman–Crippen LogP) is 4.06. The van der Waals surface area contributed by atoms with Gasteiger partial charge in [-0.05, 0) is 103 Å². The molecule has 0 radical (unpaired) electrons. The second kappa shape index (κ2) is 12.8. The van der Waals surface area contributed by atoms with Gasteiger partial charge in [0, 0.05) is 24.2 Å². The molecule has 9 heteroatoms. The molecule has 0 spiro atoms. The Balaban J connectivity index is 1.49. The highest BCUT2D eigenvalue weighted by atomic mass is 16.3. The summed E-state index contributed by atoms with van der Waals surface area (Å²) in [6.07, 6.45) is 1.21. The molecule has 2 amide bonds. The van der Waals surface area contributed by atoms with Crippen molar-refractivity contribution in [2.45, 2.75) is 26.2 Å². The molecule has 0 fully saturated rings. The maximum absolute atomic E-state index is 13.1. The maximum atomic E-state index is 13.1. The molecule has 0 heterocycles. The van der Waals surface area contributed by atoms with E-state index in [4.69, 9.17) is 0 Å². The number of hydrogen-bond donors (Lipinski definition) is 7. The molecule has 9 nitrogen and oxygen atoms in total. The third kappa shape index (κ3) is 7.69. The first-order valence-corrected chi connectivity index (χ1v) is 13.1. The molecule has 0 aromatic heterocycles. The van der Waals surface area contributed by atoms with Crippen molar-refractivity contribution < 1.29 is 35.1 Å². The van der Waals surface area contributed by atoms with Gasteiger partial charge in [-0.2, -0.15) is 0 Å². The van der Waals surface area contributed by atoms with E-state index >= 15 is 0 Å². The molecule has 4 aromatic carbocycles. The first-order valence-electron chi connectivity index (χ1n) is 13.1. The van der Waals surface area contributed by atoms with Crippen LogP contribution in [-0.4, -0.2) is 50.4 Å². The van der Waals surface area contributed by atoms with Crippen LogP contribution in [0.25, 0.3) is 0 Å². The molecule has 0 bridgehead atoms. The highest BCUT2D eigenvalue weighted by molar-refractivity contribution is 6.00. The van der Waals surface area contributed by atoms with Gasteiger partial charge < -0.3 is 36.2 Å². The lowest BCUT2D eigenvalue weighted by atomic mass is 9.98. The number of nitrogens with one attached hydrogen (secondary N) is 2. The molecule has 0 saturated heterocycles. The Labute approximate surface area is 237 Å². The molecule has 4 aromatic rings. The number of rotatable bonds is 10. The van der Waals surface area contributed by atoms with Crippen molar-refractivity contribution in [1.82, 2.24) is 10.6 Å². The Morgan fingerprint density at radius 3 is 1.51 bits per heavy atom. The predicted molar refractivity (Wildman–Crippen MR) is 154 cm³/mol. The van der Waals surface area contributed by atoms with Crippen molar-refractivity contribution in [2.24, 2.45) is 0 Å². The minimum absolute atomic E-state index is 0.194. The number of benzene rings is 4. The molecule has 41 heavy (non-hydrogen) atoms. The Hall–Kier alpha value is -5.18. The smallest absolute Gasteiger partial charge is 0.251 e. The van der Waals surface area contributed by atoms with E-state index in [1.807, 2.05) is 12.1 Å². The fourth-order valence-corrected chi connectivity index (χ4v) is 4.35. The second-order valence-electron chi connectivity index (χ2n) is 9.87. The van der Waals surface area contributed by atoms with E-state index in [2.05, 4.69) is 10.6 Å². The first-order chi connectivity index (χ1) is 19.6. The minimum atomic E-state index is -0.396. The van der Waals surface area contributed by atoms with Crippen molar-refractivity contribution in [3.8, 4) is 28.7 Å². The fraction of sp³-hybridized carbons (Fsp3) is 0.188. The highest BCUT2D eigenvalue weighted by Gasteiger charge is 2.14. The van der Waals surface area contributed by atoms with Crippen molar-refractivity contribution in [3.63, 3.8) is 0 Å². The average Bonchev–Trinajstić information content (AvgIpc) is 2.94.